The molecule has 7 nitrogen and oxygen atoms in total. The van der Waals surface area contributed by atoms with Gasteiger partial charge in [-0.15, -0.1) is 0 Å². The fraction of sp³-hybridized carbons (Fsp3) is 0.385. The normalized spacial score (nSPS) is 11.8. The van der Waals surface area contributed by atoms with Crippen molar-refractivity contribution in [1.29, 1.82) is 0 Å². The van der Waals surface area contributed by atoms with E-state index in [-0.39, 0.29) is 11.4 Å². The summed E-state index contributed by atoms with van der Waals surface area (Å²) in [6.45, 7) is 2.40. The highest BCUT2D eigenvalue weighted by Gasteiger charge is 2.16. The zero-order chi connectivity index (χ0) is 15.5. The third-order valence-electron chi connectivity index (χ3n) is 3.05. The van der Waals surface area contributed by atoms with E-state index in [1.807, 2.05) is 0 Å². The summed E-state index contributed by atoms with van der Waals surface area (Å²) in [7, 11) is -1.77. The number of hydrogen-bond acceptors (Lipinski definition) is 5. The zero-order valence-corrected chi connectivity index (χ0v) is 12.9. The molecule has 0 bridgehead atoms. The highest BCUT2D eigenvalue weighted by Crippen LogP contribution is 2.16. The molecule has 114 valence electrons. The van der Waals surface area contributed by atoms with E-state index in [0.29, 0.717) is 24.4 Å². The molecule has 0 aliphatic rings. The van der Waals surface area contributed by atoms with Gasteiger partial charge in [0.25, 0.3) is 0 Å². The second-order valence-electron chi connectivity index (χ2n) is 4.79. The number of hydrogen-bond donors (Lipinski definition) is 2. The van der Waals surface area contributed by atoms with Gasteiger partial charge in [-0.05, 0) is 24.1 Å². The molecule has 0 spiro atoms. The molecule has 0 radical (unpaired) electrons. The van der Waals surface area contributed by atoms with Gasteiger partial charge in [-0.3, -0.25) is 4.68 Å². The first-order valence-electron chi connectivity index (χ1n) is 6.56. The lowest BCUT2D eigenvalue weighted by Gasteiger charge is -2.09. The monoisotopic (exact) mass is 309 g/mol. The van der Waals surface area contributed by atoms with Gasteiger partial charge in [-0.1, -0.05) is 12.1 Å². The van der Waals surface area contributed by atoms with Gasteiger partial charge >= 0.3 is 0 Å². The Hall–Kier alpha value is -1.77. The highest BCUT2D eigenvalue weighted by atomic mass is 32.2. The van der Waals surface area contributed by atoms with Crippen molar-refractivity contribution in [2.45, 2.75) is 24.8 Å². The molecule has 0 aliphatic carbocycles. The van der Waals surface area contributed by atoms with Gasteiger partial charge in [-0.2, -0.15) is 5.10 Å². The lowest BCUT2D eigenvalue weighted by molar-refractivity contribution is 0.580. The van der Waals surface area contributed by atoms with Gasteiger partial charge < -0.3 is 5.73 Å². The summed E-state index contributed by atoms with van der Waals surface area (Å²) in [5.74, 6) is 0.607. The smallest absolute Gasteiger partial charge is 0.240 e. The largest absolute Gasteiger partial charge is 0.326 e. The predicted molar refractivity (Wildman–Crippen MR) is 79.0 cm³/mol. The first kappa shape index (κ1) is 15.6. The van der Waals surface area contributed by atoms with Crippen LogP contribution in [0.5, 0.6) is 0 Å². The number of nitrogens with zero attached hydrogens (tertiary/aromatic N) is 3. The van der Waals surface area contributed by atoms with Gasteiger partial charge in [0.2, 0.25) is 10.0 Å². The summed E-state index contributed by atoms with van der Waals surface area (Å²) < 4.78 is 28.7. The fourth-order valence-electron chi connectivity index (χ4n) is 2.01. The van der Waals surface area contributed by atoms with Crippen LogP contribution >= 0.6 is 0 Å². The maximum atomic E-state index is 12.3. The third-order valence-corrected chi connectivity index (χ3v) is 4.67. The first-order valence-corrected chi connectivity index (χ1v) is 8.04. The minimum Gasteiger partial charge on any atom is -0.326 e. The summed E-state index contributed by atoms with van der Waals surface area (Å²) in [5, 5.41) is 4.10. The van der Waals surface area contributed by atoms with Crippen molar-refractivity contribution < 1.29 is 8.42 Å². The Morgan fingerprint density at radius 3 is 2.71 bits per heavy atom. The second-order valence-corrected chi connectivity index (χ2v) is 6.52. The van der Waals surface area contributed by atoms with Crippen molar-refractivity contribution in [2.75, 3.05) is 6.54 Å². The number of sulfonamides is 1. The number of nitrogens with two attached hydrogens (primary N) is 1. The Kier molecular flexibility index (Phi) is 4.71. The highest BCUT2D eigenvalue weighted by molar-refractivity contribution is 7.89. The summed E-state index contributed by atoms with van der Waals surface area (Å²) in [5.41, 5.74) is 7.13. The molecule has 2 aromatic rings. The Labute approximate surface area is 124 Å². The fourth-order valence-corrected chi connectivity index (χ4v) is 3.27. The maximum absolute atomic E-state index is 12.3. The maximum Gasteiger partial charge on any atom is 0.240 e. The SMILES string of the molecule is Cc1cc(CN)ccc1S(=O)(=O)NCCc1ncn(C)n1. The van der Waals surface area contributed by atoms with Crippen LogP contribution in [0.4, 0.5) is 0 Å². The molecule has 1 aromatic carbocycles. The summed E-state index contributed by atoms with van der Waals surface area (Å²) in [6, 6.07) is 5.09. The van der Waals surface area contributed by atoms with Crippen LogP contribution in [0.2, 0.25) is 0 Å². The first-order chi connectivity index (χ1) is 9.92. The van der Waals surface area contributed by atoms with Gasteiger partial charge in [0.05, 0.1) is 4.90 Å². The average Bonchev–Trinajstić information content (AvgIpc) is 2.83. The quantitative estimate of drug-likeness (QED) is 0.788. The molecule has 0 amide bonds. The van der Waals surface area contributed by atoms with Crippen molar-refractivity contribution in [3.05, 3.63) is 41.5 Å². The minimum atomic E-state index is -3.53. The minimum absolute atomic E-state index is 0.254. The van der Waals surface area contributed by atoms with Gasteiger partial charge in [0.1, 0.15) is 6.33 Å². The Morgan fingerprint density at radius 2 is 2.14 bits per heavy atom. The van der Waals surface area contributed by atoms with Gasteiger partial charge in [0, 0.05) is 26.6 Å². The van der Waals surface area contributed by atoms with Crippen molar-refractivity contribution in [3.8, 4) is 0 Å². The van der Waals surface area contributed by atoms with Crippen LogP contribution in [0, 0.1) is 6.92 Å². The standard InChI is InChI=1S/C13H19N5O2S/c1-10-7-11(8-14)3-4-12(10)21(19,20)16-6-5-13-15-9-18(2)17-13/h3-4,7,9,16H,5-6,8,14H2,1-2H3. The van der Waals surface area contributed by atoms with Gasteiger partial charge in [0.15, 0.2) is 5.82 Å². The average molecular weight is 309 g/mol. The van der Waals surface area contributed by atoms with E-state index < -0.39 is 10.0 Å². The van der Waals surface area contributed by atoms with E-state index in [9.17, 15) is 8.42 Å². The third kappa shape index (κ3) is 3.87. The number of benzene rings is 1. The van der Waals surface area contributed by atoms with Crippen LogP contribution in [-0.4, -0.2) is 29.7 Å². The van der Waals surface area contributed by atoms with E-state index in [1.54, 1.807) is 43.2 Å². The molecule has 2 rings (SSSR count). The van der Waals surface area contributed by atoms with Crippen molar-refractivity contribution >= 4 is 10.0 Å². The predicted octanol–water partition coefficient (Wildman–Crippen LogP) is 0.103. The molecule has 0 fully saturated rings. The Morgan fingerprint density at radius 1 is 1.38 bits per heavy atom. The molecule has 0 aliphatic heterocycles. The molecule has 1 aromatic heterocycles. The number of aromatic nitrogens is 3. The number of rotatable bonds is 6. The molecule has 1 heterocycles. The van der Waals surface area contributed by atoms with E-state index >= 15 is 0 Å². The van der Waals surface area contributed by atoms with Crippen molar-refractivity contribution in [3.63, 3.8) is 0 Å². The van der Waals surface area contributed by atoms with Crippen molar-refractivity contribution in [2.24, 2.45) is 12.8 Å². The number of aryl methyl sites for hydroxylation is 2. The zero-order valence-electron chi connectivity index (χ0n) is 12.1. The lowest BCUT2D eigenvalue weighted by atomic mass is 10.1. The number of nitrogens with one attached hydrogen (secondary N) is 1. The van der Waals surface area contributed by atoms with E-state index in [4.69, 9.17) is 5.73 Å². The summed E-state index contributed by atoms with van der Waals surface area (Å²) in [6.07, 6.45) is 2.03. The molecular formula is C13H19N5O2S. The molecule has 21 heavy (non-hydrogen) atoms. The van der Waals surface area contributed by atoms with E-state index in [2.05, 4.69) is 14.8 Å². The summed E-state index contributed by atoms with van der Waals surface area (Å²) >= 11 is 0. The molecule has 8 heteroatoms. The Balaban J connectivity index is 2.04. The van der Waals surface area contributed by atoms with Crippen LogP contribution in [0.3, 0.4) is 0 Å². The molecule has 3 N–H and O–H groups in total. The van der Waals surface area contributed by atoms with E-state index in [0.717, 1.165) is 5.56 Å². The van der Waals surface area contributed by atoms with Crippen molar-refractivity contribution in [1.82, 2.24) is 19.5 Å². The van der Waals surface area contributed by atoms with Gasteiger partial charge in [-0.25, -0.2) is 18.1 Å². The van der Waals surface area contributed by atoms with Crippen LogP contribution in [0.1, 0.15) is 17.0 Å². The molecule has 0 atom stereocenters. The summed E-state index contributed by atoms with van der Waals surface area (Å²) in [4.78, 5) is 4.32. The molecular weight excluding hydrogens is 290 g/mol. The van der Waals surface area contributed by atoms with Crippen LogP contribution in [0.25, 0.3) is 0 Å². The lowest BCUT2D eigenvalue weighted by Crippen LogP contribution is -2.27. The second kappa shape index (κ2) is 6.33. The molecule has 0 unspecified atom stereocenters. The van der Waals surface area contributed by atoms with Crippen LogP contribution in [0.15, 0.2) is 29.4 Å². The molecule has 0 saturated heterocycles. The topological polar surface area (TPSA) is 103 Å². The Bertz CT molecular complexity index is 724. The van der Waals surface area contributed by atoms with Crippen LogP contribution < -0.4 is 10.5 Å². The molecule has 0 saturated carbocycles. The van der Waals surface area contributed by atoms with Crippen LogP contribution in [-0.2, 0) is 30.0 Å². The van der Waals surface area contributed by atoms with E-state index in [1.165, 1.54) is 0 Å².